The van der Waals surface area contributed by atoms with Crippen molar-refractivity contribution in [1.29, 1.82) is 0 Å². The maximum atomic E-state index is 5.61. The van der Waals surface area contributed by atoms with E-state index in [4.69, 9.17) is 4.74 Å². The van der Waals surface area contributed by atoms with Crippen LogP contribution in [0.3, 0.4) is 0 Å². The molecule has 0 saturated heterocycles. The summed E-state index contributed by atoms with van der Waals surface area (Å²) < 4.78 is 5.61. The number of nitrogens with one attached hydrogen (secondary N) is 3. The van der Waals surface area contributed by atoms with E-state index >= 15 is 0 Å². The number of hydrogen-bond donors (Lipinski definition) is 3. The molecule has 2 rings (SSSR count). The van der Waals surface area contributed by atoms with Gasteiger partial charge in [-0.05, 0) is 36.8 Å². The number of nitrogens with zero attached hydrogens (tertiary/aromatic N) is 1. The standard InChI is InChI=1S/C20H32N4O.HI/c1-16(2)10-13-25-14-12-23-20(21-3)22-11-6-7-17-15-24-19-9-5-4-8-18(17)19;/h4-5,8-9,15-16,24H,6-7,10-14H2,1-3H3,(H2,21,22,23);1H. The second kappa shape index (κ2) is 13.0. The number of fused-ring (bicyclic) bond motifs is 1. The van der Waals surface area contributed by atoms with E-state index in [1.54, 1.807) is 7.05 Å². The number of hydrogen-bond acceptors (Lipinski definition) is 2. The molecule has 5 nitrogen and oxygen atoms in total. The number of aliphatic imine (C=N–C) groups is 1. The number of rotatable bonds is 10. The van der Waals surface area contributed by atoms with Crippen molar-refractivity contribution in [3.05, 3.63) is 36.0 Å². The first-order chi connectivity index (χ1) is 12.2. The van der Waals surface area contributed by atoms with Gasteiger partial charge < -0.3 is 20.4 Å². The van der Waals surface area contributed by atoms with Crippen LogP contribution in [0.5, 0.6) is 0 Å². The molecular weight excluding hydrogens is 439 g/mol. The maximum absolute atomic E-state index is 5.61. The van der Waals surface area contributed by atoms with Gasteiger partial charge in [-0.2, -0.15) is 0 Å². The molecule has 26 heavy (non-hydrogen) atoms. The van der Waals surface area contributed by atoms with Gasteiger partial charge >= 0.3 is 0 Å². The number of aromatic nitrogens is 1. The van der Waals surface area contributed by atoms with Crippen LogP contribution in [0.25, 0.3) is 10.9 Å². The lowest BCUT2D eigenvalue weighted by atomic mass is 10.1. The monoisotopic (exact) mass is 472 g/mol. The third-order valence-electron chi connectivity index (χ3n) is 4.19. The smallest absolute Gasteiger partial charge is 0.191 e. The topological polar surface area (TPSA) is 61.4 Å². The first-order valence-electron chi connectivity index (χ1n) is 9.28. The molecule has 3 N–H and O–H groups in total. The van der Waals surface area contributed by atoms with Crippen molar-refractivity contribution in [3.63, 3.8) is 0 Å². The first kappa shape index (κ1) is 22.8. The van der Waals surface area contributed by atoms with E-state index in [0.717, 1.165) is 44.9 Å². The molecule has 0 radical (unpaired) electrons. The lowest BCUT2D eigenvalue weighted by molar-refractivity contribution is 0.128. The number of guanidine groups is 1. The molecule has 1 aromatic heterocycles. The lowest BCUT2D eigenvalue weighted by Gasteiger charge is -2.12. The molecule has 2 aromatic rings. The molecular formula is C20H33IN4O. The second-order valence-electron chi connectivity index (χ2n) is 6.68. The van der Waals surface area contributed by atoms with Gasteiger partial charge in [-0.1, -0.05) is 32.0 Å². The number of benzene rings is 1. The third-order valence-corrected chi connectivity index (χ3v) is 4.19. The number of para-hydroxylation sites is 1. The van der Waals surface area contributed by atoms with Gasteiger partial charge in [-0.25, -0.2) is 0 Å². The highest BCUT2D eigenvalue weighted by Gasteiger charge is 2.03. The Morgan fingerprint density at radius 3 is 2.69 bits per heavy atom. The summed E-state index contributed by atoms with van der Waals surface area (Å²) in [6, 6.07) is 8.44. The summed E-state index contributed by atoms with van der Waals surface area (Å²) in [5.41, 5.74) is 2.58. The average Bonchev–Trinajstić information content (AvgIpc) is 3.02. The summed E-state index contributed by atoms with van der Waals surface area (Å²) in [5, 5.41) is 7.97. The molecule has 0 atom stereocenters. The zero-order chi connectivity index (χ0) is 17.9. The van der Waals surface area contributed by atoms with Gasteiger partial charge in [0, 0.05) is 43.8 Å². The van der Waals surface area contributed by atoms with Crippen LogP contribution in [0.4, 0.5) is 0 Å². The third kappa shape index (κ3) is 7.95. The molecule has 0 saturated carbocycles. The van der Waals surface area contributed by atoms with Gasteiger partial charge in [-0.15, -0.1) is 24.0 Å². The Bertz CT molecular complexity index is 654. The van der Waals surface area contributed by atoms with Crippen LogP contribution >= 0.6 is 24.0 Å². The highest BCUT2D eigenvalue weighted by molar-refractivity contribution is 14.0. The van der Waals surface area contributed by atoms with Crippen molar-refractivity contribution in [3.8, 4) is 0 Å². The molecule has 0 amide bonds. The van der Waals surface area contributed by atoms with Gasteiger partial charge in [-0.3, -0.25) is 4.99 Å². The SMILES string of the molecule is CN=C(NCCCc1c[nH]c2ccccc12)NCCOCCC(C)C.I. The van der Waals surface area contributed by atoms with Gasteiger partial charge in [0.1, 0.15) is 0 Å². The Balaban J connectivity index is 0.00000338. The van der Waals surface area contributed by atoms with Gasteiger partial charge in [0.2, 0.25) is 0 Å². The molecule has 6 heteroatoms. The summed E-state index contributed by atoms with van der Waals surface area (Å²) in [7, 11) is 1.80. The van der Waals surface area contributed by atoms with Crippen molar-refractivity contribution in [2.45, 2.75) is 33.1 Å². The van der Waals surface area contributed by atoms with E-state index in [2.05, 4.69) is 64.9 Å². The van der Waals surface area contributed by atoms with Crippen LogP contribution < -0.4 is 10.6 Å². The summed E-state index contributed by atoms with van der Waals surface area (Å²) in [6.07, 6.45) is 5.34. The first-order valence-corrected chi connectivity index (χ1v) is 9.28. The Morgan fingerprint density at radius 1 is 1.15 bits per heavy atom. The summed E-state index contributed by atoms with van der Waals surface area (Å²) in [5.74, 6) is 1.53. The van der Waals surface area contributed by atoms with E-state index in [0.29, 0.717) is 12.5 Å². The Labute approximate surface area is 174 Å². The van der Waals surface area contributed by atoms with Crippen molar-refractivity contribution in [1.82, 2.24) is 15.6 Å². The van der Waals surface area contributed by atoms with E-state index in [-0.39, 0.29) is 24.0 Å². The maximum Gasteiger partial charge on any atom is 0.191 e. The van der Waals surface area contributed by atoms with Crippen LogP contribution in [-0.4, -0.2) is 44.3 Å². The van der Waals surface area contributed by atoms with Crippen LogP contribution in [-0.2, 0) is 11.2 Å². The Kier molecular flexibility index (Phi) is 11.4. The molecule has 0 aliphatic heterocycles. The molecule has 1 heterocycles. The molecule has 0 spiro atoms. The van der Waals surface area contributed by atoms with E-state index in [9.17, 15) is 0 Å². The fourth-order valence-corrected chi connectivity index (χ4v) is 2.71. The molecule has 146 valence electrons. The van der Waals surface area contributed by atoms with Gasteiger partial charge in [0.15, 0.2) is 5.96 Å². The average molecular weight is 472 g/mol. The summed E-state index contributed by atoms with van der Waals surface area (Å²) in [4.78, 5) is 7.58. The molecule has 1 aromatic carbocycles. The minimum atomic E-state index is 0. The summed E-state index contributed by atoms with van der Waals surface area (Å²) in [6.45, 7) is 7.64. The summed E-state index contributed by atoms with van der Waals surface area (Å²) >= 11 is 0. The lowest BCUT2D eigenvalue weighted by Crippen LogP contribution is -2.39. The molecule has 0 unspecified atom stereocenters. The number of aryl methyl sites for hydroxylation is 1. The van der Waals surface area contributed by atoms with E-state index < -0.39 is 0 Å². The Morgan fingerprint density at radius 2 is 1.92 bits per heavy atom. The van der Waals surface area contributed by atoms with Crippen LogP contribution in [0.1, 0.15) is 32.3 Å². The predicted octanol–water partition coefficient (Wildman–Crippen LogP) is 3.95. The molecule has 0 aliphatic rings. The fraction of sp³-hybridized carbons (Fsp3) is 0.550. The van der Waals surface area contributed by atoms with Crippen LogP contribution in [0.2, 0.25) is 0 Å². The minimum absolute atomic E-state index is 0. The normalized spacial score (nSPS) is 11.6. The molecule has 0 fully saturated rings. The van der Waals surface area contributed by atoms with Crippen molar-refractivity contribution < 1.29 is 4.74 Å². The van der Waals surface area contributed by atoms with Crippen LogP contribution in [0.15, 0.2) is 35.5 Å². The number of halogens is 1. The number of aromatic amines is 1. The van der Waals surface area contributed by atoms with Crippen molar-refractivity contribution in [2.24, 2.45) is 10.9 Å². The molecule has 0 bridgehead atoms. The zero-order valence-corrected chi connectivity index (χ0v) is 18.5. The van der Waals surface area contributed by atoms with Crippen molar-refractivity contribution >= 4 is 40.8 Å². The molecule has 0 aliphatic carbocycles. The predicted molar refractivity (Wildman–Crippen MR) is 122 cm³/mol. The van der Waals surface area contributed by atoms with Gasteiger partial charge in [0.25, 0.3) is 0 Å². The van der Waals surface area contributed by atoms with E-state index in [1.165, 1.54) is 16.5 Å². The van der Waals surface area contributed by atoms with Gasteiger partial charge in [0.05, 0.1) is 6.61 Å². The largest absolute Gasteiger partial charge is 0.380 e. The second-order valence-corrected chi connectivity index (χ2v) is 6.68. The van der Waals surface area contributed by atoms with Crippen molar-refractivity contribution in [2.75, 3.05) is 33.4 Å². The number of H-pyrrole nitrogens is 1. The van der Waals surface area contributed by atoms with Crippen LogP contribution in [0, 0.1) is 5.92 Å². The van der Waals surface area contributed by atoms with E-state index in [1.807, 2.05) is 0 Å². The minimum Gasteiger partial charge on any atom is -0.380 e. The highest BCUT2D eigenvalue weighted by atomic mass is 127. The quantitative estimate of drug-likeness (QED) is 0.213. The fourth-order valence-electron chi connectivity index (χ4n) is 2.71. The highest BCUT2D eigenvalue weighted by Crippen LogP contribution is 2.18. The number of ether oxygens (including phenoxy) is 1. The zero-order valence-electron chi connectivity index (χ0n) is 16.2. The Hall–Kier alpha value is -1.28.